The molecule has 0 heterocycles. The summed E-state index contributed by atoms with van der Waals surface area (Å²) in [6.45, 7) is 6.47. The number of hydrogen-bond donors (Lipinski definition) is 0. The predicted octanol–water partition coefficient (Wildman–Crippen LogP) is 21.6. The van der Waals surface area contributed by atoms with E-state index in [-0.39, 0.29) is 37.5 Å². The van der Waals surface area contributed by atoms with Gasteiger partial charge in [-0.3, -0.25) is 14.4 Å². The minimum Gasteiger partial charge on any atom is -0.462 e. The number of carbonyl (C=O) groups excluding carboxylic acids is 3. The third kappa shape index (κ3) is 60.7. The molecule has 6 nitrogen and oxygen atoms in total. The van der Waals surface area contributed by atoms with Gasteiger partial charge in [-0.05, 0) is 109 Å². The summed E-state index contributed by atoms with van der Waals surface area (Å²) in [4.78, 5) is 38.2. The van der Waals surface area contributed by atoms with Gasteiger partial charge in [0.05, 0.1) is 0 Å². The molecular weight excluding hydrogens is 937 g/mol. The number of esters is 3. The highest BCUT2D eigenvalue weighted by molar-refractivity contribution is 5.71. The molecule has 0 aromatic heterocycles. The Morgan fingerprint density at radius 2 is 0.526 bits per heavy atom. The van der Waals surface area contributed by atoms with Crippen LogP contribution in [0.25, 0.3) is 0 Å². The first-order valence-electron chi connectivity index (χ1n) is 31.5. The molecule has 0 N–H and O–H groups in total. The van der Waals surface area contributed by atoms with Crippen molar-refractivity contribution in [2.45, 2.75) is 290 Å². The van der Waals surface area contributed by atoms with Crippen molar-refractivity contribution in [2.24, 2.45) is 0 Å². The van der Waals surface area contributed by atoms with Gasteiger partial charge in [-0.1, -0.05) is 277 Å². The third-order valence-electron chi connectivity index (χ3n) is 13.2. The Morgan fingerprint density at radius 1 is 0.276 bits per heavy atom. The molecular formula is C70H116O6. The molecule has 0 saturated carbocycles. The van der Waals surface area contributed by atoms with E-state index in [1.165, 1.54) is 122 Å². The van der Waals surface area contributed by atoms with E-state index in [4.69, 9.17) is 14.2 Å². The van der Waals surface area contributed by atoms with Gasteiger partial charge < -0.3 is 14.2 Å². The molecule has 0 bridgehead atoms. The highest BCUT2D eigenvalue weighted by atomic mass is 16.6. The largest absolute Gasteiger partial charge is 0.462 e. The summed E-state index contributed by atoms with van der Waals surface area (Å²) >= 11 is 0. The van der Waals surface area contributed by atoms with Gasteiger partial charge in [0.25, 0.3) is 0 Å². The molecule has 76 heavy (non-hydrogen) atoms. The molecule has 1 atom stereocenters. The zero-order valence-corrected chi connectivity index (χ0v) is 49.5. The van der Waals surface area contributed by atoms with Crippen LogP contribution in [0.5, 0.6) is 0 Å². The highest BCUT2D eigenvalue weighted by Crippen LogP contribution is 2.16. The van der Waals surface area contributed by atoms with Crippen LogP contribution in [0.15, 0.2) is 122 Å². The molecule has 0 fully saturated rings. The van der Waals surface area contributed by atoms with Crippen LogP contribution in [0.3, 0.4) is 0 Å². The molecule has 0 aromatic carbocycles. The van der Waals surface area contributed by atoms with E-state index < -0.39 is 6.10 Å². The Labute approximate surface area is 469 Å². The van der Waals surface area contributed by atoms with Gasteiger partial charge in [-0.25, -0.2) is 0 Å². The molecule has 0 aliphatic carbocycles. The number of ether oxygens (including phenoxy) is 3. The predicted molar refractivity (Wildman–Crippen MR) is 330 cm³/mol. The number of rotatable bonds is 56. The average molecular weight is 1050 g/mol. The van der Waals surface area contributed by atoms with Crippen molar-refractivity contribution in [3.63, 3.8) is 0 Å². The zero-order valence-electron chi connectivity index (χ0n) is 49.5. The number of carbonyl (C=O) groups is 3. The fourth-order valence-electron chi connectivity index (χ4n) is 8.50. The van der Waals surface area contributed by atoms with Crippen molar-refractivity contribution in [3.05, 3.63) is 122 Å². The van der Waals surface area contributed by atoms with Crippen LogP contribution >= 0.6 is 0 Å². The lowest BCUT2D eigenvalue weighted by atomic mass is 10.0. The molecule has 0 spiro atoms. The standard InChI is InChI=1S/C70H116O6/c1-4-7-10-13-16-19-22-25-27-29-30-31-32-33-34-35-36-37-38-39-40-41-43-45-48-51-54-57-60-63-69(72)75-66-67(65-74-68(71)62-59-56-53-50-47-44-24-21-18-15-12-9-6-3)76-70(73)64-61-58-55-52-49-46-42-28-26-23-20-17-14-11-8-5-2/h7,10,16,19,21,24-25,27,30-31,33-34,36-37,39-40,43,45,51,54,67H,4-6,8-9,11-15,17-18,20,22-23,26,28-29,32,35,38,41-42,44,46-50,52-53,55-66H2,1-3H3/b10-7-,19-16-,24-21-,27-25-,31-30-,34-33-,37-36-,40-39-,45-43-,54-51-. The SMILES string of the molecule is CC/C=C\C/C=C\C/C=C\C/C=C\C/C=C\C/C=C\C/C=C\C/C=C\C/C=C\CCCC(=O)OCC(COC(=O)CCCCCCC/C=C\CCCCCC)OC(=O)CCCCCCCCCCCCCCCCCC. The summed E-state index contributed by atoms with van der Waals surface area (Å²) in [5, 5.41) is 0. The minimum atomic E-state index is -0.806. The van der Waals surface area contributed by atoms with E-state index in [1.54, 1.807) is 0 Å². The summed E-state index contributed by atoms with van der Waals surface area (Å²) in [5.41, 5.74) is 0. The van der Waals surface area contributed by atoms with Crippen molar-refractivity contribution in [1.82, 2.24) is 0 Å². The maximum atomic E-state index is 12.9. The fourth-order valence-corrected chi connectivity index (χ4v) is 8.50. The summed E-state index contributed by atoms with van der Waals surface area (Å²) in [7, 11) is 0. The van der Waals surface area contributed by atoms with Gasteiger partial charge in [0.1, 0.15) is 13.2 Å². The van der Waals surface area contributed by atoms with Gasteiger partial charge in [0, 0.05) is 19.3 Å². The molecule has 432 valence electrons. The molecule has 0 aromatic rings. The summed E-state index contributed by atoms with van der Waals surface area (Å²) in [6, 6.07) is 0. The van der Waals surface area contributed by atoms with E-state index in [0.717, 1.165) is 116 Å². The van der Waals surface area contributed by atoms with E-state index in [1.807, 2.05) is 0 Å². The van der Waals surface area contributed by atoms with Gasteiger partial charge >= 0.3 is 17.9 Å². The second kappa shape index (κ2) is 63.3. The normalized spacial score (nSPS) is 12.9. The Kier molecular flexibility index (Phi) is 59.9. The third-order valence-corrected chi connectivity index (χ3v) is 13.2. The van der Waals surface area contributed by atoms with Crippen molar-refractivity contribution in [3.8, 4) is 0 Å². The summed E-state index contributed by atoms with van der Waals surface area (Å²) < 4.78 is 16.8. The molecule has 0 amide bonds. The van der Waals surface area contributed by atoms with Crippen LogP contribution in [-0.2, 0) is 28.6 Å². The van der Waals surface area contributed by atoms with Crippen LogP contribution in [0, 0.1) is 0 Å². The van der Waals surface area contributed by atoms with Crippen molar-refractivity contribution < 1.29 is 28.6 Å². The number of hydrogen-bond acceptors (Lipinski definition) is 6. The van der Waals surface area contributed by atoms with E-state index >= 15 is 0 Å². The maximum absolute atomic E-state index is 12.9. The highest BCUT2D eigenvalue weighted by Gasteiger charge is 2.19. The van der Waals surface area contributed by atoms with Crippen LogP contribution in [-0.4, -0.2) is 37.2 Å². The van der Waals surface area contributed by atoms with E-state index in [2.05, 4.69) is 142 Å². The summed E-state index contributed by atoms with van der Waals surface area (Å²) in [6.07, 6.45) is 87.8. The lowest BCUT2D eigenvalue weighted by Gasteiger charge is -2.18. The number of unbranched alkanes of at least 4 members (excludes halogenated alkanes) is 25. The second-order valence-electron chi connectivity index (χ2n) is 20.6. The van der Waals surface area contributed by atoms with Crippen molar-refractivity contribution in [2.75, 3.05) is 13.2 Å². The minimum absolute atomic E-state index is 0.100. The Bertz CT molecular complexity index is 1590. The maximum Gasteiger partial charge on any atom is 0.306 e. The molecule has 0 aliphatic rings. The second-order valence-corrected chi connectivity index (χ2v) is 20.6. The molecule has 6 heteroatoms. The Hall–Kier alpha value is -4.19. The average Bonchev–Trinajstić information content (AvgIpc) is 3.42. The molecule has 0 rings (SSSR count). The first kappa shape index (κ1) is 71.8. The van der Waals surface area contributed by atoms with Gasteiger partial charge in [-0.15, -0.1) is 0 Å². The van der Waals surface area contributed by atoms with E-state index in [0.29, 0.717) is 19.3 Å². The lowest BCUT2D eigenvalue weighted by molar-refractivity contribution is -0.167. The Morgan fingerprint density at radius 3 is 0.882 bits per heavy atom. The lowest BCUT2D eigenvalue weighted by Crippen LogP contribution is -2.30. The van der Waals surface area contributed by atoms with Gasteiger partial charge in [-0.2, -0.15) is 0 Å². The first-order chi connectivity index (χ1) is 37.5. The van der Waals surface area contributed by atoms with Crippen molar-refractivity contribution in [1.29, 1.82) is 0 Å². The Balaban J connectivity index is 4.42. The molecule has 0 saturated heterocycles. The molecule has 0 aliphatic heterocycles. The smallest absolute Gasteiger partial charge is 0.306 e. The van der Waals surface area contributed by atoms with Crippen molar-refractivity contribution >= 4 is 17.9 Å². The fraction of sp³-hybridized carbons (Fsp3) is 0.671. The van der Waals surface area contributed by atoms with Crippen LogP contribution in [0.4, 0.5) is 0 Å². The molecule has 0 radical (unpaired) electrons. The van der Waals surface area contributed by atoms with Crippen LogP contribution in [0.1, 0.15) is 284 Å². The number of allylic oxidation sites excluding steroid dienone is 20. The van der Waals surface area contributed by atoms with Crippen LogP contribution < -0.4 is 0 Å². The van der Waals surface area contributed by atoms with E-state index in [9.17, 15) is 14.4 Å². The summed E-state index contributed by atoms with van der Waals surface area (Å²) in [5.74, 6) is -0.965. The van der Waals surface area contributed by atoms with Gasteiger partial charge in [0.2, 0.25) is 0 Å². The topological polar surface area (TPSA) is 78.9 Å². The first-order valence-corrected chi connectivity index (χ1v) is 31.5. The quantitative estimate of drug-likeness (QED) is 0.0261. The molecule has 1 unspecified atom stereocenters. The zero-order chi connectivity index (χ0) is 55.0. The monoisotopic (exact) mass is 1050 g/mol. The van der Waals surface area contributed by atoms with Crippen LogP contribution in [0.2, 0.25) is 0 Å². The van der Waals surface area contributed by atoms with Gasteiger partial charge in [0.15, 0.2) is 6.10 Å².